The Bertz CT molecular complexity index is 479. The van der Waals surface area contributed by atoms with Crippen molar-refractivity contribution < 1.29 is 13.9 Å². The summed E-state index contributed by atoms with van der Waals surface area (Å²) in [5.41, 5.74) is 0.959. The molecule has 0 radical (unpaired) electrons. The van der Waals surface area contributed by atoms with E-state index in [1.165, 1.54) is 12.8 Å². The Morgan fingerprint density at radius 2 is 2.29 bits per heavy atom. The largest absolute Gasteiger partial charge is 0.488 e. The van der Waals surface area contributed by atoms with Crippen molar-refractivity contribution in [1.82, 2.24) is 10.2 Å². The molecule has 1 saturated carbocycles. The van der Waals surface area contributed by atoms with Crippen LogP contribution in [0.4, 0.5) is 4.39 Å². The second-order valence-electron chi connectivity index (χ2n) is 5.99. The zero-order valence-electron chi connectivity index (χ0n) is 12.5. The van der Waals surface area contributed by atoms with Crippen LogP contribution in [0.3, 0.4) is 0 Å². The van der Waals surface area contributed by atoms with Gasteiger partial charge in [-0.15, -0.1) is 0 Å². The molecule has 1 aliphatic heterocycles. The van der Waals surface area contributed by atoms with Gasteiger partial charge >= 0.3 is 0 Å². The minimum atomic E-state index is -0.297. The molecule has 0 amide bonds. The third-order valence-corrected chi connectivity index (χ3v) is 3.94. The quantitative estimate of drug-likeness (QED) is 0.867. The van der Waals surface area contributed by atoms with E-state index in [-0.39, 0.29) is 11.9 Å². The Morgan fingerprint density at radius 1 is 1.43 bits per heavy atom. The van der Waals surface area contributed by atoms with E-state index in [0.717, 1.165) is 25.2 Å². The van der Waals surface area contributed by atoms with Crippen LogP contribution >= 0.6 is 0 Å². The average molecular weight is 294 g/mol. The summed E-state index contributed by atoms with van der Waals surface area (Å²) in [4.78, 5) is 2.19. The molecular weight excluding hydrogens is 271 g/mol. The van der Waals surface area contributed by atoms with Gasteiger partial charge in [0.05, 0.1) is 6.61 Å². The fourth-order valence-electron chi connectivity index (χ4n) is 2.47. The first-order valence-corrected chi connectivity index (χ1v) is 7.65. The lowest BCUT2D eigenvalue weighted by atomic mass is 10.2. The standard InChI is InChI=1S/C16H23FN2O2/c1-19-6-7-20-14(10-19)11-21-16-5-2-12(8-15(16)17)9-18-13-3-4-13/h2,5,8,13-14,18H,3-4,6-7,9-11H2,1H3. The SMILES string of the molecule is CN1CCOC(COc2ccc(CNC3CC3)cc2F)C1. The molecule has 1 aliphatic carbocycles. The minimum absolute atomic E-state index is 0.0133. The summed E-state index contributed by atoms with van der Waals surface area (Å²) in [6, 6.07) is 5.82. The summed E-state index contributed by atoms with van der Waals surface area (Å²) in [5.74, 6) is 0.0104. The molecule has 0 aromatic heterocycles. The van der Waals surface area contributed by atoms with Crippen LogP contribution in [0, 0.1) is 5.82 Å². The number of halogens is 1. The molecule has 1 saturated heterocycles. The van der Waals surface area contributed by atoms with Gasteiger partial charge < -0.3 is 19.7 Å². The van der Waals surface area contributed by atoms with Crippen molar-refractivity contribution in [2.75, 3.05) is 33.4 Å². The predicted molar refractivity (Wildman–Crippen MR) is 79.0 cm³/mol. The predicted octanol–water partition coefficient (Wildman–Crippen LogP) is 1.79. The van der Waals surface area contributed by atoms with Crippen molar-refractivity contribution in [2.24, 2.45) is 0 Å². The first kappa shape index (κ1) is 14.8. The number of nitrogens with zero attached hydrogens (tertiary/aromatic N) is 1. The van der Waals surface area contributed by atoms with Crippen molar-refractivity contribution >= 4 is 0 Å². The highest BCUT2D eigenvalue weighted by molar-refractivity contribution is 5.29. The Labute approximate surface area is 125 Å². The van der Waals surface area contributed by atoms with Crippen molar-refractivity contribution in [1.29, 1.82) is 0 Å². The van der Waals surface area contributed by atoms with Crippen LogP contribution in [0.1, 0.15) is 18.4 Å². The lowest BCUT2D eigenvalue weighted by Crippen LogP contribution is -2.42. The molecule has 4 nitrogen and oxygen atoms in total. The Kier molecular flexibility index (Phi) is 4.73. The Balaban J connectivity index is 1.50. The lowest BCUT2D eigenvalue weighted by Gasteiger charge is -2.29. The number of morpholine rings is 1. The van der Waals surface area contributed by atoms with E-state index < -0.39 is 0 Å². The molecule has 1 aromatic rings. The average Bonchev–Trinajstić information content (AvgIpc) is 3.28. The van der Waals surface area contributed by atoms with E-state index in [2.05, 4.69) is 17.3 Å². The summed E-state index contributed by atoms with van der Waals surface area (Å²) < 4.78 is 25.2. The normalized spacial score (nSPS) is 23.2. The van der Waals surface area contributed by atoms with Gasteiger partial charge in [-0.2, -0.15) is 0 Å². The Hall–Kier alpha value is -1.17. The van der Waals surface area contributed by atoms with Crippen molar-refractivity contribution in [3.05, 3.63) is 29.6 Å². The summed E-state index contributed by atoms with van der Waals surface area (Å²) >= 11 is 0. The van der Waals surface area contributed by atoms with Crippen LogP contribution in [0.25, 0.3) is 0 Å². The number of nitrogens with one attached hydrogen (secondary N) is 1. The molecule has 3 rings (SSSR count). The maximum atomic E-state index is 14.0. The first-order valence-electron chi connectivity index (χ1n) is 7.65. The van der Waals surface area contributed by atoms with E-state index in [4.69, 9.17) is 9.47 Å². The monoisotopic (exact) mass is 294 g/mol. The number of rotatable bonds is 6. The molecule has 0 bridgehead atoms. The van der Waals surface area contributed by atoms with E-state index in [1.54, 1.807) is 12.1 Å². The molecule has 2 aliphatic rings. The zero-order chi connectivity index (χ0) is 14.7. The lowest BCUT2D eigenvalue weighted by molar-refractivity contribution is -0.0408. The highest BCUT2D eigenvalue weighted by Crippen LogP contribution is 2.22. The molecule has 1 atom stereocenters. The van der Waals surface area contributed by atoms with Gasteiger partial charge in [0.15, 0.2) is 11.6 Å². The number of hydrogen-bond acceptors (Lipinski definition) is 4. The minimum Gasteiger partial charge on any atom is -0.488 e. The van der Waals surface area contributed by atoms with Gasteiger partial charge in [-0.1, -0.05) is 6.07 Å². The van der Waals surface area contributed by atoms with Gasteiger partial charge in [0.2, 0.25) is 0 Å². The van der Waals surface area contributed by atoms with Crippen molar-refractivity contribution in [2.45, 2.75) is 31.5 Å². The molecule has 1 unspecified atom stereocenters. The molecule has 5 heteroatoms. The third-order valence-electron chi connectivity index (χ3n) is 3.94. The maximum Gasteiger partial charge on any atom is 0.165 e. The summed E-state index contributed by atoms with van der Waals surface area (Å²) in [7, 11) is 2.05. The number of benzene rings is 1. The molecule has 116 valence electrons. The molecule has 1 N–H and O–H groups in total. The zero-order valence-corrected chi connectivity index (χ0v) is 12.5. The Morgan fingerprint density at radius 3 is 3.00 bits per heavy atom. The van der Waals surface area contributed by atoms with Gasteiger partial charge in [-0.25, -0.2) is 4.39 Å². The van der Waals surface area contributed by atoms with E-state index >= 15 is 0 Å². The third kappa shape index (κ3) is 4.40. The van der Waals surface area contributed by atoms with Crippen molar-refractivity contribution in [3.8, 4) is 5.75 Å². The molecular formula is C16H23FN2O2. The van der Waals surface area contributed by atoms with E-state index in [0.29, 0.717) is 25.0 Å². The maximum absolute atomic E-state index is 14.0. The summed E-state index contributed by atoms with van der Waals surface area (Å²) in [6.45, 7) is 3.58. The highest BCUT2D eigenvalue weighted by Gasteiger charge is 2.21. The van der Waals surface area contributed by atoms with E-state index in [9.17, 15) is 4.39 Å². The molecule has 21 heavy (non-hydrogen) atoms. The van der Waals surface area contributed by atoms with Crippen LogP contribution in [0.5, 0.6) is 5.75 Å². The van der Waals surface area contributed by atoms with Gasteiger partial charge in [-0.3, -0.25) is 0 Å². The first-order chi connectivity index (χ1) is 10.2. The van der Waals surface area contributed by atoms with E-state index in [1.807, 2.05) is 6.07 Å². The highest BCUT2D eigenvalue weighted by atomic mass is 19.1. The number of hydrogen-bond donors (Lipinski definition) is 1. The van der Waals surface area contributed by atoms with Gasteiger partial charge in [0, 0.05) is 25.7 Å². The van der Waals surface area contributed by atoms with Crippen LogP contribution in [-0.4, -0.2) is 50.4 Å². The fourth-order valence-corrected chi connectivity index (χ4v) is 2.47. The number of likely N-dealkylation sites (N-methyl/N-ethyl adjacent to an activating group) is 1. The second-order valence-corrected chi connectivity index (χ2v) is 5.99. The molecule has 2 fully saturated rings. The van der Waals surface area contributed by atoms with Gasteiger partial charge in [0.1, 0.15) is 12.7 Å². The summed E-state index contributed by atoms with van der Waals surface area (Å²) in [5, 5.41) is 3.38. The van der Waals surface area contributed by atoms with Crippen LogP contribution in [0.2, 0.25) is 0 Å². The second kappa shape index (κ2) is 6.73. The van der Waals surface area contributed by atoms with Gasteiger partial charge in [-0.05, 0) is 37.6 Å². The van der Waals surface area contributed by atoms with Crippen LogP contribution < -0.4 is 10.1 Å². The summed E-state index contributed by atoms with van der Waals surface area (Å²) in [6.07, 6.45) is 2.48. The van der Waals surface area contributed by atoms with Crippen LogP contribution in [-0.2, 0) is 11.3 Å². The van der Waals surface area contributed by atoms with Gasteiger partial charge in [0.25, 0.3) is 0 Å². The molecule has 1 aromatic carbocycles. The number of ether oxygens (including phenoxy) is 2. The molecule has 0 spiro atoms. The molecule has 1 heterocycles. The fraction of sp³-hybridized carbons (Fsp3) is 0.625. The van der Waals surface area contributed by atoms with Crippen LogP contribution in [0.15, 0.2) is 18.2 Å². The smallest absolute Gasteiger partial charge is 0.165 e. The topological polar surface area (TPSA) is 33.7 Å². The van der Waals surface area contributed by atoms with Crippen molar-refractivity contribution in [3.63, 3.8) is 0 Å².